The van der Waals surface area contributed by atoms with E-state index in [1.54, 1.807) is 4.90 Å². The van der Waals surface area contributed by atoms with Crippen molar-refractivity contribution < 1.29 is 27.9 Å². The zero-order valence-electron chi connectivity index (χ0n) is 13.2. The summed E-state index contributed by atoms with van der Waals surface area (Å²) < 4.78 is 38.6. The van der Waals surface area contributed by atoms with Gasteiger partial charge in [-0.3, -0.25) is 4.79 Å². The molecule has 1 aliphatic heterocycles. The maximum atomic E-state index is 12.9. The number of rotatable bonds is 3. The number of hydrogen-bond acceptors (Lipinski definition) is 6. The fourth-order valence-electron chi connectivity index (χ4n) is 2.57. The second-order valence-corrected chi connectivity index (χ2v) is 5.49. The molecule has 0 bridgehead atoms. The Morgan fingerprint density at radius 3 is 2.35 bits per heavy atom. The van der Waals surface area contributed by atoms with Crippen LogP contribution >= 0.6 is 0 Å². The van der Waals surface area contributed by atoms with Crippen molar-refractivity contribution in [2.24, 2.45) is 0 Å². The van der Waals surface area contributed by atoms with E-state index in [9.17, 15) is 22.8 Å². The number of carboxylic acid groups (broad SMARTS) is 1. The molecule has 1 fully saturated rings. The largest absolute Gasteiger partial charge is 0.476 e. The topological polar surface area (TPSA) is 115 Å². The first-order chi connectivity index (χ1) is 12.3. The van der Waals surface area contributed by atoms with Gasteiger partial charge in [0.15, 0.2) is 22.9 Å². The summed E-state index contributed by atoms with van der Waals surface area (Å²) in [7, 11) is 0. The second-order valence-electron chi connectivity index (χ2n) is 5.49. The van der Waals surface area contributed by atoms with E-state index in [0.717, 1.165) is 6.33 Å². The lowest BCUT2D eigenvalue weighted by Crippen LogP contribution is -2.49. The van der Waals surface area contributed by atoms with Crippen molar-refractivity contribution in [3.63, 3.8) is 0 Å². The van der Waals surface area contributed by atoms with E-state index >= 15 is 0 Å². The fraction of sp³-hybridized carbons (Fsp3) is 0.357. The number of halogens is 3. The van der Waals surface area contributed by atoms with Gasteiger partial charge in [-0.05, 0) is 12.1 Å². The number of carbonyl (C=O) groups excluding carboxylic acids is 1. The monoisotopic (exact) mass is 370 g/mol. The summed E-state index contributed by atoms with van der Waals surface area (Å²) >= 11 is 0. The average Bonchev–Trinajstić information content (AvgIpc) is 3.11. The van der Waals surface area contributed by atoms with Gasteiger partial charge >= 0.3 is 12.1 Å². The minimum atomic E-state index is -4.69. The first kappa shape index (κ1) is 17.6. The molecule has 1 saturated heterocycles. The molecule has 0 radical (unpaired) electrons. The summed E-state index contributed by atoms with van der Waals surface area (Å²) in [4.78, 5) is 31.6. The van der Waals surface area contributed by atoms with Gasteiger partial charge in [0.25, 0.3) is 5.91 Å². The Hall–Kier alpha value is -3.18. The molecule has 0 aromatic carbocycles. The molecule has 138 valence electrons. The number of carbonyl (C=O) groups is 2. The van der Waals surface area contributed by atoms with Gasteiger partial charge in [-0.25, -0.2) is 9.78 Å². The van der Waals surface area contributed by atoms with Crippen LogP contribution in [0, 0.1) is 0 Å². The molecule has 3 heterocycles. The number of amides is 1. The molecule has 3 rings (SSSR count). The highest BCUT2D eigenvalue weighted by Gasteiger charge is 2.39. The van der Waals surface area contributed by atoms with Crippen LogP contribution in [0.5, 0.6) is 0 Å². The molecular formula is C14H13F3N6O3. The number of imidazole rings is 1. The normalized spacial score (nSPS) is 15.2. The van der Waals surface area contributed by atoms with Gasteiger partial charge in [-0.15, -0.1) is 10.2 Å². The Morgan fingerprint density at radius 2 is 1.81 bits per heavy atom. The highest BCUT2D eigenvalue weighted by Crippen LogP contribution is 2.30. The third kappa shape index (κ3) is 3.43. The van der Waals surface area contributed by atoms with E-state index in [-0.39, 0.29) is 18.8 Å². The molecule has 12 heteroatoms. The van der Waals surface area contributed by atoms with Crippen LogP contribution in [0.1, 0.15) is 26.7 Å². The van der Waals surface area contributed by atoms with Crippen LogP contribution in [0.3, 0.4) is 0 Å². The molecule has 2 aromatic heterocycles. The van der Waals surface area contributed by atoms with Gasteiger partial charge in [0.1, 0.15) is 0 Å². The Kier molecular flexibility index (Phi) is 4.49. The summed E-state index contributed by atoms with van der Waals surface area (Å²) in [6.45, 7) is 0.980. The van der Waals surface area contributed by atoms with Crippen molar-refractivity contribution in [3.8, 4) is 0 Å². The van der Waals surface area contributed by atoms with E-state index in [1.165, 1.54) is 17.0 Å². The Bertz CT molecular complexity index is 812. The number of nitrogens with zero attached hydrogens (tertiary/aromatic N) is 5. The zero-order valence-corrected chi connectivity index (χ0v) is 13.2. The van der Waals surface area contributed by atoms with E-state index < -0.39 is 29.4 Å². The highest BCUT2D eigenvalue weighted by atomic mass is 19.4. The van der Waals surface area contributed by atoms with Crippen LogP contribution in [0.25, 0.3) is 0 Å². The second kappa shape index (κ2) is 6.61. The van der Waals surface area contributed by atoms with E-state index in [2.05, 4.69) is 15.2 Å². The maximum Gasteiger partial charge on any atom is 0.433 e. The van der Waals surface area contributed by atoms with Crippen LogP contribution in [-0.2, 0) is 6.18 Å². The van der Waals surface area contributed by atoms with Gasteiger partial charge in [0.2, 0.25) is 0 Å². The van der Waals surface area contributed by atoms with Crippen molar-refractivity contribution in [1.29, 1.82) is 0 Å². The van der Waals surface area contributed by atoms with Crippen LogP contribution in [0.15, 0.2) is 18.5 Å². The number of nitrogens with one attached hydrogen (secondary N) is 1. The van der Waals surface area contributed by atoms with Gasteiger partial charge in [-0.2, -0.15) is 13.2 Å². The lowest BCUT2D eigenvalue weighted by Gasteiger charge is -2.35. The summed E-state index contributed by atoms with van der Waals surface area (Å²) in [5.41, 5.74) is -2.02. The number of hydrogen-bond donors (Lipinski definition) is 2. The first-order valence-electron chi connectivity index (χ1n) is 7.49. The number of piperazine rings is 1. The zero-order chi connectivity index (χ0) is 18.9. The van der Waals surface area contributed by atoms with E-state index in [0.29, 0.717) is 18.9 Å². The summed E-state index contributed by atoms with van der Waals surface area (Å²) in [5.74, 6) is -1.57. The SMILES string of the molecule is O=C(O)c1ccc(N2CCN(C(=O)c3nc[nH]c3C(F)(F)F)CC2)nn1. The molecule has 0 spiro atoms. The van der Waals surface area contributed by atoms with Crippen LogP contribution in [0.2, 0.25) is 0 Å². The van der Waals surface area contributed by atoms with Crippen molar-refractivity contribution in [3.05, 3.63) is 35.5 Å². The minimum Gasteiger partial charge on any atom is -0.476 e. The molecule has 0 unspecified atom stereocenters. The predicted molar refractivity (Wildman–Crippen MR) is 80.7 cm³/mol. The third-order valence-electron chi connectivity index (χ3n) is 3.89. The van der Waals surface area contributed by atoms with Crippen molar-refractivity contribution in [1.82, 2.24) is 25.1 Å². The van der Waals surface area contributed by atoms with Crippen LogP contribution in [-0.4, -0.2) is 68.2 Å². The molecule has 2 aromatic rings. The minimum absolute atomic E-state index is 0.172. The van der Waals surface area contributed by atoms with Crippen molar-refractivity contribution in [2.45, 2.75) is 6.18 Å². The first-order valence-corrected chi connectivity index (χ1v) is 7.49. The number of aromatic nitrogens is 4. The quantitative estimate of drug-likeness (QED) is 0.824. The third-order valence-corrected chi connectivity index (χ3v) is 3.89. The summed E-state index contributed by atoms with van der Waals surface area (Å²) in [6, 6.07) is 2.80. The molecule has 0 saturated carbocycles. The summed E-state index contributed by atoms with van der Waals surface area (Å²) in [6.07, 6.45) is -3.85. The lowest BCUT2D eigenvalue weighted by molar-refractivity contribution is -0.141. The Labute approximate surface area is 144 Å². The molecule has 1 aliphatic rings. The molecule has 1 amide bonds. The Balaban J connectivity index is 1.66. The molecule has 26 heavy (non-hydrogen) atoms. The number of aromatic amines is 1. The smallest absolute Gasteiger partial charge is 0.433 e. The van der Waals surface area contributed by atoms with Gasteiger partial charge in [0.05, 0.1) is 6.33 Å². The van der Waals surface area contributed by atoms with Gasteiger partial charge in [0, 0.05) is 26.2 Å². The number of carboxylic acids is 1. The number of H-pyrrole nitrogens is 1. The fourth-order valence-corrected chi connectivity index (χ4v) is 2.57. The van der Waals surface area contributed by atoms with E-state index in [4.69, 9.17) is 5.11 Å². The Morgan fingerprint density at radius 1 is 1.12 bits per heavy atom. The van der Waals surface area contributed by atoms with Gasteiger partial charge in [-0.1, -0.05) is 0 Å². The molecular weight excluding hydrogens is 357 g/mol. The number of aromatic carboxylic acids is 1. The standard InChI is InChI=1S/C14H13F3N6O3/c15-14(16,17)11-10(18-7-19-11)12(24)23-5-3-22(4-6-23)9-2-1-8(13(25)26)20-21-9/h1-2,7H,3-6H2,(H,18,19)(H,25,26). The predicted octanol–water partition coefficient (Wildman–Crippen LogP) is 0.879. The number of anilines is 1. The molecule has 9 nitrogen and oxygen atoms in total. The maximum absolute atomic E-state index is 12.9. The van der Waals surface area contributed by atoms with E-state index in [1.807, 2.05) is 4.98 Å². The highest BCUT2D eigenvalue weighted by molar-refractivity contribution is 5.93. The molecule has 0 aliphatic carbocycles. The summed E-state index contributed by atoms with van der Waals surface area (Å²) in [5, 5.41) is 16.2. The van der Waals surface area contributed by atoms with Crippen molar-refractivity contribution >= 4 is 17.7 Å². The van der Waals surface area contributed by atoms with Gasteiger partial charge < -0.3 is 19.9 Å². The average molecular weight is 370 g/mol. The lowest BCUT2D eigenvalue weighted by atomic mass is 10.2. The van der Waals surface area contributed by atoms with Crippen LogP contribution < -0.4 is 4.90 Å². The van der Waals surface area contributed by atoms with Crippen molar-refractivity contribution in [2.75, 3.05) is 31.1 Å². The number of alkyl halides is 3. The molecule has 0 atom stereocenters. The molecule has 2 N–H and O–H groups in total. The van der Waals surface area contributed by atoms with Crippen LogP contribution in [0.4, 0.5) is 19.0 Å².